The van der Waals surface area contributed by atoms with E-state index in [0.717, 1.165) is 50.4 Å². The Balaban J connectivity index is 2.03. The van der Waals surface area contributed by atoms with Crippen LogP contribution in [0, 0.1) is 0 Å². The van der Waals surface area contributed by atoms with Crippen LogP contribution in [0.15, 0.2) is 18.3 Å². The first-order valence-electron chi connectivity index (χ1n) is 7.67. The van der Waals surface area contributed by atoms with Crippen molar-refractivity contribution >= 4 is 0 Å². The Hall–Kier alpha value is -1.13. The van der Waals surface area contributed by atoms with E-state index in [-0.39, 0.29) is 0 Å². The highest BCUT2D eigenvalue weighted by Crippen LogP contribution is 2.30. The largest absolute Gasteiger partial charge is 0.490 e. The van der Waals surface area contributed by atoms with Gasteiger partial charge in [0.25, 0.3) is 0 Å². The Morgan fingerprint density at radius 2 is 2.15 bits per heavy atom. The minimum absolute atomic E-state index is 0.455. The summed E-state index contributed by atoms with van der Waals surface area (Å²) in [5.41, 5.74) is 1.14. The molecule has 1 aromatic rings. The molecule has 0 amide bonds. The van der Waals surface area contributed by atoms with Crippen LogP contribution in [0.4, 0.5) is 0 Å². The zero-order valence-corrected chi connectivity index (χ0v) is 12.9. The summed E-state index contributed by atoms with van der Waals surface area (Å²) in [5.74, 6) is 1.51. The number of piperidine rings is 1. The van der Waals surface area contributed by atoms with E-state index >= 15 is 0 Å². The zero-order chi connectivity index (χ0) is 14.4. The molecule has 4 heteroatoms. The van der Waals surface area contributed by atoms with E-state index < -0.39 is 0 Å². The Kier molecular flexibility index (Phi) is 5.80. The number of nitrogens with zero attached hydrogens (tertiary/aromatic N) is 2. The molecule has 0 bridgehead atoms. The molecule has 0 spiro atoms. The third-order valence-corrected chi connectivity index (χ3v) is 4.16. The average Bonchev–Trinajstić information content (AvgIpc) is 2.49. The fourth-order valence-corrected chi connectivity index (χ4v) is 2.74. The normalized spacial score (nSPS) is 18.2. The van der Waals surface area contributed by atoms with Gasteiger partial charge >= 0.3 is 0 Å². The first-order valence-corrected chi connectivity index (χ1v) is 7.67. The molecule has 20 heavy (non-hydrogen) atoms. The summed E-state index contributed by atoms with van der Waals surface area (Å²) >= 11 is 0. The van der Waals surface area contributed by atoms with Gasteiger partial charge in [-0.25, -0.2) is 0 Å². The van der Waals surface area contributed by atoms with Crippen molar-refractivity contribution in [3.63, 3.8) is 0 Å². The fourth-order valence-electron chi connectivity index (χ4n) is 2.74. The van der Waals surface area contributed by atoms with Crippen LogP contribution in [0.2, 0.25) is 0 Å². The van der Waals surface area contributed by atoms with Gasteiger partial charge in [0.2, 0.25) is 0 Å². The van der Waals surface area contributed by atoms with E-state index in [1.54, 1.807) is 0 Å². The molecule has 112 valence electrons. The number of hydrogen-bond acceptors (Lipinski definition) is 4. The lowest BCUT2D eigenvalue weighted by Gasteiger charge is -2.26. The fraction of sp³-hybridized carbons (Fsp3) is 0.688. The van der Waals surface area contributed by atoms with Gasteiger partial charge in [-0.1, -0.05) is 6.92 Å². The van der Waals surface area contributed by atoms with E-state index in [1.165, 1.54) is 0 Å². The van der Waals surface area contributed by atoms with Gasteiger partial charge in [-0.05, 0) is 58.6 Å². The molecule has 1 aliphatic rings. The average molecular weight is 277 g/mol. The molecule has 0 unspecified atom stereocenters. The summed E-state index contributed by atoms with van der Waals surface area (Å²) in [7, 11) is 4.21. The number of aromatic nitrogens is 1. The molecule has 2 rings (SSSR count). The second-order valence-electron chi connectivity index (χ2n) is 5.75. The molecule has 1 aromatic heterocycles. The highest BCUT2D eigenvalue weighted by Gasteiger charge is 2.21. The van der Waals surface area contributed by atoms with Gasteiger partial charge in [-0.2, -0.15) is 0 Å². The number of pyridine rings is 1. The van der Waals surface area contributed by atoms with Crippen LogP contribution < -0.4 is 10.1 Å². The smallest absolute Gasteiger partial charge is 0.141 e. The summed E-state index contributed by atoms with van der Waals surface area (Å²) in [6.45, 7) is 5.09. The van der Waals surface area contributed by atoms with Gasteiger partial charge in [-0.3, -0.25) is 4.98 Å². The van der Waals surface area contributed by atoms with E-state index in [9.17, 15) is 0 Å². The number of ether oxygens (including phenoxy) is 1. The predicted octanol–water partition coefficient (Wildman–Crippen LogP) is 2.27. The number of rotatable bonds is 6. The maximum Gasteiger partial charge on any atom is 0.141 e. The zero-order valence-electron chi connectivity index (χ0n) is 12.9. The van der Waals surface area contributed by atoms with Crippen molar-refractivity contribution in [1.82, 2.24) is 15.2 Å². The van der Waals surface area contributed by atoms with Crippen LogP contribution in [0.3, 0.4) is 0 Å². The monoisotopic (exact) mass is 277 g/mol. The topological polar surface area (TPSA) is 37.4 Å². The highest BCUT2D eigenvalue weighted by molar-refractivity contribution is 5.30. The molecule has 1 fully saturated rings. The lowest BCUT2D eigenvalue weighted by Crippen LogP contribution is -2.33. The lowest BCUT2D eigenvalue weighted by molar-refractivity contribution is 0.178. The van der Waals surface area contributed by atoms with Crippen molar-refractivity contribution in [2.24, 2.45) is 0 Å². The molecule has 1 atom stereocenters. The molecule has 1 N–H and O–H groups in total. The maximum atomic E-state index is 6.08. The van der Waals surface area contributed by atoms with Gasteiger partial charge in [-0.15, -0.1) is 0 Å². The SMILES string of the molecule is CC[C@H](COc1cccnc1C1CCNCC1)N(C)C. The van der Waals surface area contributed by atoms with Crippen LogP contribution in [0.5, 0.6) is 5.75 Å². The van der Waals surface area contributed by atoms with Crippen LogP contribution >= 0.6 is 0 Å². The van der Waals surface area contributed by atoms with Crippen LogP contribution in [-0.4, -0.2) is 49.7 Å². The van der Waals surface area contributed by atoms with Crippen molar-refractivity contribution in [1.29, 1.82) is 0 Å². The predicted molar refractivity (Wildman–Crippen MR) is 82.3 cm³/mol. The van der Waals surface area contributed by atoms with Gasteiger partial charge in [0.15, 0.2) is 0 Å². The first-order chi connectivity index (χ1) is 9.72. The van der Waals surface area contributed by atoms with Gasteiger partial charge in [0.05, 0.1) is 5.69 Å². The van der Waals surface area contributed by atoms with Crippen molar-refractivity contribution in [3.8, 4) is 5.75 Å². The summed E-state index contributed by atoms with van der Waals surface area (Å²) in [6, 6.07) is 4.49. The highest BCUT2D eigenvalue weighted by atomic mass is 16.5. The molecule has 0 aromatic carbocycles. The van der Waals surface area contributed by atoms with E-state index in [4.69, 9.17) is 4.74 Å². The molecule has 0 saturated carbocycles. The summed E-state index contributed by atoms with van der Waals surface area (Å²) < 4.78 is 6.08. The Labute approximate surface area is 122 Å². The molecule has 0 aliphatic carbocycles. The Bertz CT molecular complexity index is 402. The van der Waals surface area contributed by atoms with Gasteiger partial charge in [0.1, 0.15) is 12.4 Å². The summed E-state index contributed by atoms with van der Waals surface area (Å²) in [6.07, 6.45) is 5.28. The van der Waals surface area contributed by atoms with Crippen LogP contribution in [-0.2, 0) is 0 Å². The molecule has 1 aliphatic heterocycles. The van der Waals surface area contributed by atoms with Crippen LogP contribution in [0.1, 0.15) is 37.8 Å². The van der Waals surface area contributed by atoms with Gasteiger partial charge < -0.3 is 15.0 Å². The quantitative estimate of drug-likeness (QED) is 0.865. The van der Waals surface area contributed by atoms with Crippen molar-refractivity contribution in [3.05, 3.63) is 24.0 Å². The van der Waals surface area contributed by atoms with Crippen molar-refractivity contribution < 1.29 is 4.74 Å². The number of nitrogens with one attached hydrogen (secondary N) is 1. The summed E-state index contributed by atoms with van der Waals surface area (Å²) in [5, 5.41) is 3.40. The minimum atomic E-state index is 0.455. The first kappa shape index (κ1) is 15.3. The molecular formula is C16H27N3O. The standard InChI is InChI=1S/C16H27N3O/c1-4-14(19(2)3)12-20-15-6-5-9-18-16(15)13-7-10-17-11-8-13/h5-6,9,13-14,17H,4,7-8,10-12H2,1-3H3/t14-/m1/s1. The third kappa shape index (κ3) is 3.93. The second-order valence-corrected chi connectivity index (χ2v) is 5.75. The molecule has 1 saturated heterocycles. The second kappa shape index (κ2) is 7.60. The van der Waals surface area contributed by atoms with Gasteiger partial charge in [0, 0.05) is 18.2 Å². The van der Waals surface area contributed by atoms with Crippen molar-refractivity contribution in [2.45, 2.75) is 38.1 Å². The lowest BCUT2D eigenvalue weighted by atomic mass is 9.93. The van der Waals surface area contributed by atoms with E-state index in [0.29, 0.717) is 12.0 Å². The molecule has 4 nitrogen and oxygen atoms in total. The van der Waals surface area contributed by atoms with Crippen LogP contribution in [0.25, 0.3) is 0 Å². The van der Waals surface area contributed by atoms with E-state index in [1.807, 2.05) is 12.3 Å². The molecular weight excluding hydrogens is 250 g/mol. The summed E-state index contributed by atoms with van der Waals surface area (Å²) in [4.78, 5) is 6.81. The molecule has 0 radical (unpaired) electrons. The van der Waals surface area contributed by atoms with Crippen molar-refractivity contribution in [2.75, 3.05) is 33.8 Å². The Morgan fingerprint density at radius 3 is 2.80 bits per heavy atom. The van der Waals surface area contributed by atoms with E-state index in [2.05, 4.69) is 42.3 Å². The third-order valence-electron chi connectivity index (χ3n) is 4.16. The number of hydrogen-bond donors (Lipinski definition) is 1. The minimum Gasteiger partial charge on any atom is -0.490 e. The Morgan fingerprint density at radius 1 is 1.40 bits per heavy atom. The number of likely N-dealkylation sites (N-methyl/N-ethyl adjacent to an activating group) is 1. The maximum absolute atomic E-state index is 6.08. The molecule has 2 heterocycles.